The van der Waals surface area contributed by atoms with E-state index in [0.29, 0.717) is 17.3 Å². The van der Waals surface area contributed by atoms with Crippen LogP contribution in [0.3, 0.4) is 0 Å². The van der Waals surface area contributed by atoms with Crippen LogP contribution in [-0.2, 0) is 16.1 Å². The molecule has 9 heteroatoms. The van der Waals surface area contributed by atoms with Gasteiger partial charge in [0.1, 0.15) is 6.07 Å². The number of fused-ring (bicyclic) bond motifs is 1. The standard InChI is InChI=1S/C19H21N5O4/c1-3-5-10-24-18(26)15-9-7-6-8-14(15)16(23-24)17(25)22-21-12-13(11-20)19(27)28-4-2/h6-9,12,21H,3-5,10H2,1-2H3,(H,22,25)/b13-12+. The maximum Gasteiger partial charge on any atom is 0.350 e. The molecule has 0 unspecified atom stereocenters. The predicted molar refractivity (Wildman–Crippen MR) is 102 cm³/mol. The number of nitrogens with one attached hydrogen (secondary N) is 2. The molecule has 0 spiro atoms. The Bertz CT molecular complexity index is 1000. The number of aryl methyl sites for hydroxylation is 1. The summed E-state index contributed by atoms with van der Waals surface area (Å²) in [6.45, 7) is 4.13. The Kier molecular flexibility index (Phi) is 7.28. The van der Waals surface area contributed by atoms with Crippen molar-refractivity contribution in [1.82, 2.24) is 20.6 Å². The lowest BCUT2D eigenvalue weighted by Gasteiger charge is -2.11. The van der Waals surface area contributed by atoms with Gasteiger partial charge in [0.2, 0.25) is 0 Å². The van der Waals surface area contributed by atoms with Gasteiger partial charge in [-0.2, -0.15) is 10.4 Å². The van der Waals surface area contributed by atoms with E-state index in [1.165, 1.54) is 4.68 Å². The Balaban J connectivity index is 2.30. The van der Waals surface area contributed by atoms with Crippen LogP contribution in [0.15, 0.2) is 40.8 Å². The molecule has 1 amide bonds. The second kappa shape index (κ2) is 9.87. The predicted octanol–water partition coefficient (Wildman–Crippen LogP) is 1.40. The third-order valence-corrected chi connectivity index (χ3v) is 3.82. The van der Waals surface area contributed by atoms with Crippen LogP contribution in [0.4, 0.5) is 0 Å². The monoisotopic (exact) mass is 383 g/mol. The minimum absolute atomic E-state index is 0.0573. The first kappa shape index (κ1) is 20.6. The van der Waals surface area contributed by atoms with E-state index in [2.05, 4.69) is 16.0 Å². The van der Waals surface area contributed by atoms with E-state index < -0.39 is 11.9 Å². The Labute approximate surface area is 161 Å². The zero-order valence-corrected chi connectivity index (χ0v) is 15.7. The van der Waals surface area contributed by atoms with Crippen LogP contribution >= 0.6 is 0 Å². The fourth-order valence-corrected chi connectivity index (χ4v) is 2.44. The number of carbonyl (C=O) groups excluding carboxylic acids is 2. The number of hydrazine groups is 1. The molecule has 0 atom stereocenters. The van der Waals surface area contributed by atoms with Gasteiger partial charge in [-0.1, -0.05) is 31.5 Å². The van der Waals surface area contributed by atoms with Crippen LogP contribution < -0.4 is 16.4 Å². The van der Waals surface area contributed by atoms with E-state index >= 15 is 0 Å². The van der Waals surface area contributed by atoms with Crippen molar-refractivity contribution in [3.8, 4) is 6.07 Å². The van der Waals surface area contributed by atoms with Crippen molar-refractivity contribution >= 4 is 22.6 Å². The van der Waals surface area contributed by atoms with E-state index in [9.17, 15) is 14.4 Å². The fourth-order valence-electron chi connectivity index (χ4n) is 2.44. The van der Waals surface area contributed by atoms with Crippen molar-refractivity contribution in [2.45, 2.75) is 33.2 Å². The Hall–Kier alpha value is -3.67. The zero-order chi connectivity index (χ0) is 20.5. The summed E-state index contributed by atoms with van der Waals surface area (Å²) < 4.78 is 6.00. The van der Waals surface area contributed by atoms with Crippen LogP contribution in [-0.4, -0.2) is 28.3 Å². The molecular formula is C19H21N5O4. The molecule has 2 rings (SSSR count). The van der Waals surface area contributed by atoms with Crippen LogP contribution in [0, 0.1) is 11.3 Å². The Morgan fingerprint density at radius 3 is 2.64 bits per heavy atom. The average molecular weight is 383 g/mol. The van der Waals surface area contributed by atoms with Gasteiger partial charge in [0, 0.05) is 18.1 Å². The van der Waals surface area contributed by atoms with Crippen LogP contribution in [0.1, 0.15) is 37.2 Å². The molecule has 0 aliphatic carbocycles. The van der Waals surface area contributed by atoms with E-state index in [4.69, 9.17) is 10.00 Å². The number of rotatable bonds is 8. The third-order valence-electron chi connectivity index (χ3n) is 3.82. The first-order chi connectivity index (χ1) is 13.5. The number of carbonyl (C=O) groups is 2. The number of amides is 1. The summed E-state index contributed by atoms with van der Waals surface area (Å²) in [6.07, 6.45) is 2.66. The normalized spacial score (nSPS) is 11.0. The van der Waals surface area contributed by atoms with Crippen molar-refractivity contribution < 1.29 is 14.3 Å². The van der Waals surface area contributed by atoms with E-state index in [-0.39, 0.29) is 23.4 Å². The van der Waals surface area contributed by atoms with Gasteiger partial charge in [0.25, 0.3) is 11.5 Å². The number of benzene rings is 1. The Morgan fingerprint density at radius 1 is 1.29 bits per heavy atom. The number of nitriles is 1. The minimum Gasteiger partial charge on any atom is -0.462 e. The van der Waals surface area contributed by atoms with Crippen molar-refractivity contribution in [3.63, 3.8) is 0 Å². The molecule has 0 aliphatic heterocycles. The highest BCUT2D eigenvalue weighted by Crippen LogP contribution is 2.13. The molecule has 2 N–H and O–H groups in total. The van der Waals surface area contributed by atoms with Gasteiger partial charge in [-0.3, -0.25) is 15.0 Å². The maximum absolute atomic E-state index is 12.6. The molecular weight excluding hydrogens is 362 g/mol. The summed E-state index contributed by atoms with van der Waals surface area (Å²) in [4.78, 5) is 36.7. The quantitative estimate of drug-likeness (QED) is 0.305. The van der Waals surface area contributed by atoms with E-state index in [1.54, 1.807) is 37.3 Å². The summed E-state index contributed by atoms with van der Waals surface area (Å²) in [5.74, 6) is -1.41. The van der Waals surface area contributed by atoms with Gasteiger partial charge in [-0.25, -0.2) is 9.48 Å². The van der Waals surface area contributed by atoms with Gasteiger partial charge >= 0.3 is 5.97 Å². The maximum atomic E-state index is 12.6. The van der Waals surface area contributed by atoms with Crippen molar-refractivity contribution in [2.75, 3.05) is 6.61 Å². The number of hydrogen-bond donors (Lipinski definition) is 2. The van der Waals surface area contributed by atoms with Gasteiger partial charge < -0.3 is 10.2 Å². The molecule has 28 heavy (non-hydrogen) atoms. The van der Waals surface area contributed by atoms with Crippen molar-refractivity contribution in [3.05, 3.63) is 52.1 Å². The molecule has 146 valence electrons. The molecule has 1 aromatic carbocycles. The number of unbranched alkanes of at least 4 members (excludes halogenated alkanes) is 1. The number of aromatic nitrogens is 2. The van der Waals surface area contributed by atoms with E-state index in [0.717, 1.165) is 19.0 Å². The first-order valence-corrected chi connectivity index (χ1v) is 8.86. The minimum atomic E-state index is -0.802. The first-order valence-electron chi connectivity index (χ1n) is 8.86. The smallest absolute Gasteiger partial charge is 0.350 e. The number of ether oxygens (including phenoxy) is 1. The highest BCUT2D eigenvalue weighted by atomic mass is 16.5. The van der Waals surface area contributed by atoms with Crippen LogP contribution in [0.25, 0.3) is 10.8 Å². The highest BCUT2D eigenvalue weighted by Gasteiger charge is 2.16. The van der Waals surface area contributed by atoms with Crippen LogP contribution in [0.5, 0.6) is 0 Å². The van der Waals surface area contributed by atoms with Gasteiger partial charge in [-0.15, -0.1) is 0 Å². The molecule has 1 aromatic heterocycles. The Morgan fingerprint density at radius 2 is 2.00 bits per heavy atom. The topological polar surface area (TPSA) is 126 Å². The number of esters is 1. The van der Waals surface area contributed by atoms with Gasteiger partial charge in [-0.05, 0) is 19.4 Å². The van der Waals surface area contributed by atoms with Gasteiger partial charge in [0.05, 0.1) is 12.0 Å². The largest absolute Gasteiger partial charge is 0.462 e. The summed E-state index contributed by atoms with van der Waals surface area (Å²) in [5.41, 5.74) is 4.25. The molecule has 0 aliphatic rings. The highest BCUT2D eigenvalue weighted by molar-refractivity contribution is 6.04. The molecule has 0 saturated heterocycles. The number of nitrogens with zero attached hydrogens (tertiary/aromatic N) is 3. The molecule has 0 bridgehead atoms. The molecule has 1 heterocycles. The second-order valence-corrected chi connectivity index (χ2v) is 5.76. The molecule has 0 fully saturated rings. The molecule has 0 saturated carbocycles. The number of hydrogen-bond acceptors (Lipinski definition) is 7. The molecule has 9 nitrogen and oxygen atoms in total. The van der Waals surface area contributed by atoms with Crippen molar-refractivity contribution in [1.29, 1.82) is 5.26 Å². The zero-order valence-electron chi connectivity index (χ0n) is 15.7. The lowest BCUT2D eigenvalue weighted by molar-refractivity contribution is -0.138. The summed E-state index contributed by atoms with van der Waals surface area (Å²) in [6, 6.07) is 8.38. The lowest BCUT2D eigenvalue weighted by Crippen LogP contribution is -2.37. The van der Waals surface area contributed by atoms with Crippen molar-refractivity contribution in [2.24, 2.45) is 0 Å². The summed E-state index contributed by atoms with van der Waals surface area (Å²) in [5, 5.41) is 14.0. The van der Waals surface area contributed by atoms with Crippen LogP contribution in [0.2, 0.25) is 0 Å². The fraction of sp³-hybridized carbons (Fsp3) is 0.316. The average Bonchev–Trinajstić information content (AvgIpc) is 2.71. The van der Waals surface area contributed by atoms with Gasteiger partial charge in [0.15, 0.2) is 11.3 Å². The summed E-state index contributed by atoms with van der Waals surface area (Å²) in [7, 11) is 0. The van der Waals surface area contributed by atoms with E-state index in [1.807, 2.05) is 6.92 Å². The molecule has 0 radical (unpaired) electrons. The lowest BCUT2D eigenvalue weighted by atomic mass is 10.1. The second-order valence-electron chi connectivity index (χ2n) is 5.76. The SMILES string of the molecule is CCCCn1nc(C(=O)NN/C=C(\C#N)C(=O)OCC)c2ccccc2c1=O. The third kappa shape index (κ3) is 4.73. The summed E-state index contributed by atoms with van der Waals surface area (Å²) >= 11 is 0. The molecule has 2 aromatic rings.